The van der Waals surface area contributed by atoms with Crippen LogP contribution in [0.3, 0.4) is 0 Å². The highest BCUT2D eigenvalue weighted by Gasteiger charge is 2.14. The Morgan fingerprint density at radius 3 is 3.31 bits per heavy atom. The van der Waals surface area contributed by atoms with Crippen LogP contribution in [0.2, 0.25) is 0 Å². The zero-order chi connectivity index (χ0) is 8.93. The van der Waals surface area contributed by atoms with Crippen molar-refractivity contribution >= 4 is 0 Å². The van der Waals surface area contributed by atoms with Gasteiger partial charge >= 0.3 is 0 Å². The Morgan fingerprint density at radius 2 is 2.62 bits per heavy atom. The summed E-state index contributed by atoms with van der Waals surface area (Å²) in [7, 11) is 0. The van der Waals surface area contributed by atoms with Gasteiger partial charge in [0.15, 0.2) is 0 Å². The normalized spacial score (nSPS) is 22.6. The van der Waals surface area contributed by atoms with Gasteiger partial charge in [-0.15, -0.1) is 0 Å². The molecule has 0 spiro atoms. The largest absolute Gasteiger partial charge is 0.473 e. The van der Waals surface area contributed by atoms with E-state index < -0.39 is 0 Å². The second-order valence-corrected chi connectivity index (χ2v) is 3.18. The average Bonchev–Trinajstić information content (AvgIpc) is 2.21. The second-order valence-electron chi connectivity index (χ2n) is 3.18. The molecule has 1 aromatic heterocycles. The molecule has 1 atom stereocenters. The molecule has 1 aliphatic rings. The molecule has 1 aromatic rings. The maximum Gasteiger partial charge on any atom is 0.213 e. The van der Waals surface area contributed by atoms with E-state index in [1.807, 2.05) is 12.1 Å². The minimum absolute atomic E-state index is 0.281. The van der Waals surface area contributed by atoms with Crippen LogP contribution < -0.4 is 10.1 Å². The first-order valence-corrected chi connectivity index (χ1v) is 4.64. The number of ether oxygens (including phenoxy) is 1. The van der Waals surface area contributed by atoms with E-state index in [4.69, 9.17) is 4.74 Å². The molecule has 1 radical (unpaired) electrons. The number of piperidine rings is 1. The van der Waals surface area contributed by atoms with Crippen molar-refractivity contribution < 1.29 is 4.74 Å². The standard InChI is InChI=1S/C10H13N2O/c1-2-7-12-10(5-1)13-9-4-3-6-11-8-9/h1,5,7,9,11H,3-4,6,8H2. The predicted octanol–water partition coefficient (Wildman–Crippen LogP) is 1.01. The molecule has 0 bridgehead atoms. The van der Waals surface area contributed by atoms with Crippen LogP contribution in [0.5, 0.6) is 5.88 Å². The van der Waals surface area contributed by atoms with Crippen molar-refractivity contribution in [2.24, 2.45) is 0 Å². The van der Waals surface area contributed by atoms with Gasteiger partial charge in [0.2, 0.25) is 5.88 Å². The summed E-state index contributed by atoms with van der Waals surface area (Å²) in [6, 6.07) is 6.52. The van der Waals surface area contributed by atoms with E-state index in [0.717, 1.165) is 19.5 Å². The lowest BCUT2D eigenvalue weighted by molar-refractivity contribution is 0.160. The van der Waals surface area contributed by atoms with Crippen molar-refractivity contribution in [1.82, 2.24) is 10.3 Å². The van der Waals surface area contributed by atoms with Crippen LogP contribution in [-0.2, 0) is 0 Å². The van der Waals surface area contributed by atoms with Gasteiger partial charge in [0.25, 0.3) is 0 Å². The van der Waals surface area contributed by atoms with Crippen LogP contribution in [0.1, 0.15) is 12.8 Å². The van der Waals surface area contributed by atoms with Crippen LogP contribution in [-0.4, -0.2) is 24.2 Å². The minimum Gasteiger partial charge on any atom is -0.473 e. The van der Waals surface area contributed by atoms with Crippen LogP contribution in [0.25, 0.3) is 0 Å². The molecule has 1 fully saturated rings. The van der Waals surface area contributed by atoms with Gasteiger partial charge in [-0.3, -0.25) is 0 Å². The van der Waals surface area contributed by atoms with E-state index in [1.54, 1.807) is 6.20 Å². The Hall–Kier alpha value is -1.09. The van der Waals surface area contributed by atoms with E-state index in [2.05, 4.69) is 16.4 Å². The highest BCUT2D eigenvalue weighted by atomic mass is 16.5. The molecule has 1 aliphatic heterocycles. The maximum atomic E-state index is 5.66. The molecule has 2 heterocycles. The summed E-state index contributed by atoms with van der Waals surface area (Å²) in [6.45, 7) is 2.04. The third kappa shape index (κ3) is 2.42. The molecular weight excluding hydrogens is 164 g/mol. The molecule has 1 N–H and O–H groups in total. The molecule has 0 amide bonds. The third-order valence-corrected chi connectivity index (χ3v) is 2.13. The minimum atomic E-state index is 0.281. The highest BCUT2D eigenvalue weighted by Crippen LogP contribution is 2.11. The van der Waals surface area contributed by atoms with Gasteiger partial charge in [0.05, 0.1) is 0 Å². The SMILES string of the molecule is [c]1ccc(OC2CCCNC2)nc1. The number of nitrogens with zero attached hydrogens (tertiary/aromatic N) is 1. The molecular formula is C10H13N2O. The molecule has 3 nitrogen and oxygen atoms in total. The Morgan fingerprint density at radius 1 is 1.62 bits per heavy atom. The number of pyridine rings is 1. The van der Waals surface area contributed by atoms with E-state index in [1.165, 1.54) is 6.42 Å². The summed E-state index contributed by atoms with van der Waals surface area (Å²) in [4.78, 5) is 4.07. The van der Waals surface area contributed by atoms with Gasteiger partial charge in [0.1, 0.15) is 6.10 Å². The monoisotopic (exact) mass is 177 g/mol. The summed E-state index contributed by atoms with van der Waals surface area (Å²) in [5.41, 5.74) is 0. The molecule has 3 heteroatoms. The highest BCUT2D eigenvalue weighted by molar-refractivity contribution is 5.09. The Labute approximate surface area is 78.1 Å². The van der Waals surface area contributed by atoms with Gasteiger partial charge < -0.3 is 10.1 Å². The summed E-state index contributed by atoms with van der Waals surface area (Å²) in [5.74, 6) is 0.701. The van der Waals surface area contributed by atoms with E-state index in [-0.39, 0.29) is 6.10 Å². The van der Waals surface area contributed by atoms with Crippen molar-refractivity contribution in [3.8, 4) is 5.88 Å². The molecule has 0 aliphatic carbocycles. The van der Waals surface area contributed by atoms with Crippen molar-refractivity contribution in [3.63, 3.8) is 0 Å². The fraction of sp³-hybridized carbons (Fsp3) is 0.500. The summed E-state index contributed by atoms with van der Waals surface area (Å²) in [5, 5.41) is 3.29. The Bertz CT molecular complexity index is 244. The fourth-order valence-electron chi connectivity index (χ4n) is 1.47. The number of nitrogens with one attached hydrogen (secondary N) is 1. The Balaban J connectivity index is 1.90. The van der Waals surface area contributed by atoms with E-state index in [9.17, 15) is 0 Å². The molecule has 13 heavy (non-hydrogen) atoms. The van der Waals surface area contributed by atoms with Crippen molar-refractivity contribution in [2.75, 3.05) is 13.1 Å². The fourth-order valence-corrected chi connectivity index (χ4v) is 1.47. The molecule has 1 unspecified atom stereocenters. The third-order valence-electron chi connectivity index (χ3n) is 2.13. The predicted molar refractivity (Wildman–Crippen MR) is 49.6 cm³/mol. The molecule has 69 valence electrons. The Kier molecular flexibility index (Phi) is 2.77. The van der Waals surface area contributed by atoms with Crippen molar-refractivity contribution in [2.45, 2.75) is 18.9 Å². The number of hydrogen-bond acceptors (Lipinski definition) is 3. The number of hydrogen-bond donors (Lipinski definition) is 1. The topological polar surface area (TPSA) is 34.1 Å². The molecule has 1 saturated heterocycles. The van der Waals surface area contributed by atoms with Crippen LogP contribution in [0.4, 0.5) is 0 Å². The molecule has 2 rings (SSSR count). The number of rotatable bonds is 2. The van der Waals surface area contributed by atoms with E-state index in [0.29, 0.717) is 5.88 Å². The van der Waals surface area contributed by atoms with Gasteiger partial charge in [-0.25, -0.2) is 4.98 Å². The lowest BCUT2D eigenvalue weighted by atomic mass is 10.1. The van der Waals surface area contributed by atoms with Crippen molar-refractivity contribution in [1.29, 1.82) is 0 Å². The van der Waals surface area contributed by atoms with Gasteiger partial charge in [-0.1, -0.05) is 0 Å². The maximum absolute atomic E-state index is 5.66. The van der Waals surface area contributed by atoms with Crippen LogP contribution in [0.15, 0.2) is 18.3 Å². The quantitative estimate of drug-likeness (QED) is 0.732. The van der Waals surface area contributed by atoms with Gasteiger partial charge in [-0.05, 0) is 25.5 Å². The zero-order valence-electron chi connectivity index (χ0n) is 7.49. The first-order valence-electron chi connectivity index (χ1n) is 4.64. The first kappa shape index (κ1) is 8.51. The number of aromatic nitrogens is 1. The summed E-state index contributed by atoms with van der Waals surface area (Å²) in [6.07, 6.45) is 4.21. The summed E-state index contributed by atoms with van der Waals surface area (Å²) >= 11 is 0. The lowest BCUT2D eigenvalue weighted by Gasteiger charge is -2.23. The zero-order valence-corrected chi connectivity index (χ0v) is 7.49. The van der Waals surface area contributed by atoms with Crippen LogP contribution in [0, 0.1) is 6.07 Å². The first-order chi connectivity index (χ1) is 6.45. The van der Waals surface area contributed by atoms with Gasteiger partial charge in [0, 0.05) is 24.9 Å². The average molecular weight is 177 g/mol. The molecule has 0 saturated carbocycles. The lowest BCUT2D eigenvalue weighted by Crippen LogP contribution is -2.37. The van der Waals surface area contributed by atoms with Crippen molar-refractivity contribution in [3.05, 3.63) is 24.4 Å². The van der Waals surface area contributed by atoms with E-state index >= 15 is 0 Å². The van der Waals surface area contributed by atoms with Crippen LogP contribution >= 0.6 is 0 Å². The second kappa shape index (κ2) is 4.23. The smallest absolute Gasteiger partial charge is 0.213 e. The summed E-state index contributed by atoms with van der Waals surface area (Å²) < 4.78 is 5.66. The van der Waals surface area contributed by atoms with Gasteiger partial charge in [-0.2, -0.15) is 0 Å². The molecule has 0 aromatic carbocycles.